The van der Waals surface area contributed by atoms with Crippen molar-refractivity contribution in [3.8, 4) is 6.07 Å². The predicted octanol–water partition coefficient (Wildman–Crippen LogP) is 2.57. The van der Waals surface area contributed by atoms with Gasteiger partial charge in [-0.05, 0) is 19.4 Å². The number of amides is 1. The Balaban J connectivity index is 2.55. The summed E-state index contributed by atoms with van der Waals surface area (Å²) in [5.74, 6) is -0.320. The van der Waals surface area contributed by atoms with Crippen LogP contribution in [0, 0.1) is 11.3 Å². The number of aromatic nitrogens is 2. The number of hydrogen-bond donors (Lipinski definition) is 0. The Morgan fingerprint density at radius 1 is 1.25 bits per heavy atom. The van der Waals surface area contributed by atoms with Crippen molar-refractivity contribution in [2.24, 2.45) is 0 Å². The molecule has 0 saturated carbocycles. The molecule has 126 valence electrons. The Labute approximate surface area is 141 Å². The van der Waals surface area contributed by atoms with Crippen molar-refractivity contribution in [1.29, 1.82) is 5.26 Å². The maximum Gasteiger partial charge on any atom is 0.275 e. The summed E-state index contributed by atoms with van der Waals surface area (Å²) >= 11 is 0. The summed E-state index contributed by atoms with van der Waals surface area (Å²) in [6.45, 7) is 4.81. The number of aryl methyl sites for hydroxylation is 1. The van der Waals surface area contributed by atoms with Crippen LogP contribution >= 0.6 is 0 Å². The van der Waals surface area contributed by atoms with E-state index in [4.69, 9.17) is 5.26 Å². The van der Waals surface area contributed by atoms with Gasteiger partial charge in [0.1, 0.15) is 6.54 Å². The number of benzene rings is 1. The molecule has 6 heteroatoms. The summed E-state index contributed by atoms with van der Waals surface area (Å²) in [6, 6.07) is 9.00. The van der Waals surface area contributed by atoms with Crippen molar-refractivity contribution in [3.63, 3.8) is 0 Å². The number of nitriles is 1. The van der Waals surface area contributed by atoms with Gasteiger partial charge in [-0.2, -0.15) is 10.4 Å². The van der Waals surface area contributed by atoms with E-state index in [2.05, 4.69) is 12.0 Å². The lowest BCUT2D eigenvalue weighted by atomic mass is 10.1. The van der Waals surface area contributed by atoms with Crippen LogP contribution in [0.15, 0.2) is 29.1 Å². The number of carbonyl (C=O) groups excluding carboxylic acids is 1. The minimum absolute atomic E-state index is 0.000299. The summed E-state index contributed by atoms with van der Waals surface area (Å²) in [5.41, 5.74) is 0.0559. The van der Waals surface area contributed by atoms with Gasteiger partial charge in [0.2, 0.25) is 0 Å². The summed E-state index contributed by atoms with van der Waals surface area (Å²) in [5, 5.41) is 14.3. The van der Waals surface area contributed by atoms with Crippen LogP contribution in [0.25, 0.3) is 10.8 Å². The first-order valence-corrected chi connectivity index (χ1v) is 8.30. The smallest absolute Gasteiger partial charge is 0.275 e. The summed E-state index contributed by atoms with van der Waals surface area (Å²) in [6.07, 6.45) is 2.88. The third-order valence-electron chi connectivity index (χ3n) is 3.97. The molecule has 0 saturated heterocycles. The normalized spacial score (nSPS) is 10.5. The molecule has 0 atom stereocenters. The molecule has 6 nitrogen and oxygen atoms in total. The van der Waals surface area contributed by atoms with Gasteiger partial charge in [-0.3, -0.25) is 9.59 Å². The van der Waals surface area contributed by atoms with Crippen LogP contribution < -0.4 is 5.56 Å². The van der Waals surface area contributed by atoms with Crippen molar-refractivity contribution in [2.75, 3.05) is 13.1 Å². The molecule has 2 rings (SSSR count). The summed E-state index contributed by atoms with van der Waals surface area (Å²) in [4.78, 5) is 26.8. The van der Waals surface area contributed by atoms with Crippen LogP contribution in [0.2, 0.25) is 0 Å². The van der Waals surface area contributed by atoms with Gasteiger partial charge in [0.05, 0.1) is 11.5 Å². The SMILES string of the molecule is CCCCCn1nc(C(=O)N(CC)CC#N)c2ccccc2c1=O. The molecule has 1 aromatic carbocycles. The van der Waals surface area contributed by atoms with Crippen LogP contribution in [0.3, 0.4) is 0 Å². The van der Waals surface area contributed by atoms with Gasteiger partial charge in [-0.1, -0.05) is 38.0 Å². The molecular formula is C18H22N4O2. The minimum Gasteiger partial charge on any atom is -0.324 e. The molecule has 0 fully saturated rings. The van der Waals surface area contributed by atoms with E-state index < -0.39 is 0 Å². The molecular weight excluding hydrogens is 304 g/mol. The number of nitrogens with zero attached hydrogens (tertiary/aromatic N) is 4. The molecule has 0 aliphatic carbocycles. The lowest BCUT2D eigenvalue weighted by Crippen LogP contribution is -2.34. The van der Waals surface area contributed by atoms with Gasteiger partial charge < -0.3 is 4.90 Å². The molecule has 1 aromatic heterocycles. The van der Waals surface area contributed by atoms with E-state index in [0.717, 1.165) is 19.3 Å². The Morgan fingerprint density at radius 2 is 1.96 bits per heavy atom. The fourth-order valence-corrected chi connectivity index (χ4v) is 2.62. The van der Waals surface area contributed by atoms with E-state index in [1.807, 2.05) is 13.0 Å². The lowest BCUT2D eigenvalue weighted by Gasteiger charge is -2.18. The second kappa shape index (κ2) is 8.25. The van der Waals surface area contributed by atoms with Gasteiger partial charge in [0.25, 0.3) is 11.5 Å². The minimum atomic E-state index is -0.320. The van der Waals surface area contributed by atoms with Crippen LogP contribution in [0.5, 0.6) is 0 Å². The zero-order valence-corrected chi connectivity index (χ0v) is 14.2. The Morgan fingerprint density at radius 3 is 2.58 bits per heavy atom. The van der Waals surface area contributed by atoms with Crippen molar-refractivity contribution >= 4 is 16.7 Å². The van der Waals surface area contributed by atoms with Gasteiger partial charge >= 0.3 is 0 Å². The molecule has 2 aromatic rings. The summed E-state index contributed by atoms with van der Waals surface area (Å²) < 4.78 is 1.38. The fourth-order valence-electron chi connectivity index (χ4n) is 2.62. The molecule has 0 N–H and O–H groups in total. The zero-order chi connectivity index (χ0) is 17.5. The van der Waals surface area contributed by atoms with Gasteiger partial charge in [-0.15, -0.1) is 0 Å². The third kappa shape index (κ3) is 3.62. The summed E-state index contributed by atoms with van der Waals surface area (Å²) in [7, 11) is 0. The largest absolute Gasteiger partial charge is 0.324 e. The maximum absolute atomic E-state index is 12.8. The monoisotopic (exact) mass is 326 g/mol. The molecule has 1 heterocycles. The van der Waals surface area contributed by atoms with Crippen LogP contribution in [0.4, 0.5) is 0 Å². The fraction of sp³-hybridized carbons (Fsp3) is 0.444. The highest BCUT2D eigenvalue weighted by Gasteiger charge is 2.21. The second-order valence-corrected chi connectivity index (χ2v) is 5.61. The van der Waals surface area contributed by atoms with Gasteiger partial charge in [0, 0.05) is 18.5 Å². The van der Waals surface area contributed by atoms with Crippen LogP contribution in [-0.2, 0) is 6.54 Å². The van der Waals surface area contributed by atoms with E-state index in [-0.39, 0.29) is 23.7 Å². The van der Waals surface area contributed by atoms with E-state index in [9.17, 15) is 9.59 Å². The zero-order valence-electron chi connectivity index (χ0n) is 14.2. The highest BCUT2D eigenvalue weighted by atomic mass is 16.2. The number of rotatable bonds is 7. The number of carbonyl (C=O) groups is 1. The first-order chi connectivity index (χ1) is 11.6. The number of fused-ring (bicyclic) bond motifs is 1. The molecule has 0 aliphatic heterocycles. The average Bonchev–Trinajstić information content (AvgIpc) is 2.61. The third-order valence-corrected chi connectivity index (χ3v) is 3.97. The molecule has 0 aliphatic rings. The lowest BCUT2D eigenvalue weighted by molar-refractivity contribution is 0.0777. The van der Waals surface area contributed by atoms with Crippen molar-refractivity contribution in [2.45, 2.75) is 39.7 Å². The molecule has 1 amide bonds. The van der Waals surface area contributed by atoms with Crippen LogP contribution in [0.1, 0.15) is 43.6 Å². The molecule has 0 unspecified atom stereocenters. The van der Waals surface area contributed by atoms with Gasteiger partial charge in [-0.25, -0.2) is 4.68 Å². The molecule has 24 heavy (non-hydrogen) atoms. The van der Waals surface area contributed by atoms with Crippen molar-refractivity contribution in [1.82, 2.24) is 14.7 Å². The Kier molecular flexibility index (Phi) is 6.07. The van der Waals surface area contributed by atoms with E-state index in [0.29, 0.717) is 23.9 Å². The maximum atomic E-state index is 12.8. The van der Waals surface area contributed by atoms with E-state index in [1.54, 1.807) is 24.3 Å². The quantitative estimate of drug-likeness (QED) is 0.578. The highest BCUT2D eigenvalue weighted by molar-refractivity contribution is 6.04. The van der Waals surface area contributed by atoms with Crippen molar-refractivity contribution in [3.05, 3.63) is 40.3 Å². The first kappa shape index (κ1) is 17.7. The Hall–Kier alpha value is -2.68. The molecule has 0 radical (unpaired) electrons. The standard InChI is InChI=1S/C18H22N4O2/c1-3-5-8-12-22-17(23)15-10-7-6-9-14(15)16(20-22)18(24)21(4-2)13-11-19/h6-7,9-10H,3-5,8,12-13H2,1-2H3. The first-order valence-electron chi connectivity index (χ1n) is 8.30. The number of unbranched alkanes of at least 4 members (excludes halogenated alkanes) is 2. The molecule has 0 bridgehead atoms. The second-order valence-electron chi connectivity index (χ2n) is 5.61. The molecule has 0 spiro atoms. The van der Waals surface area contributed by atoms with Crippen molar-refractivity contribution < 1.29 is 4.79 Å². The van der Waals surface area contributed by atoms with E-state index in [1.165, 1.54) is 9.58 Å². The van der Waals surface area contributed by atoms with Crippen LogP contribution in [-0.4, -0.2) is 33.7 Å². The average molecular weight is 326 g/mol. The predicted molar refractivity (Wildman–Crippen MR) is 92.7 cm³/mol. The number of hydrogen-bond acceptors (Lipinski definition) is 4. The Bertz CT molecular complexity index is 820. The van der Waals surface area contributed by atoms with Gasteiger partial charge in [0.15, 0.2) is 5.69 Å². The van der Waals surface area contributed by atoms with E-state index >= 15 is 0 Å². The topological polar surface area (TPSA) is 79.0 Å². The highest BCUT2D eigenvalue weighted by Crippen LogP contribution is 2.15.